The molecule has 2 rings (SSSR count). The van der Waals surface area contributed by atoms with Gasteiger partial charge in [-0.1, -0.05) is 0 Å². The van der Waals surface area contributed by atoms with Crippen LogP contribution >= 0.6 is 0 Å². The lowest BCUT2D eigenvalue weighted by Crippen LogP contribution is -2.14. The SMILES string of the molecule is CCOc1ccc(NC(=O)Cc2cc(OC)c(OC)c(OC)c2)cc1. The average molecular weight is 345 g/mol. The van der Waals surface area contributed by atoms with Crippen molar-refractivity contribution in [2.45, 2.75) is 13.3 Å². The van der Waals surface area contributed by atoms with E-state index in [9.17, 15) is 4.79 Å². The molecule has 25 heavy (non-hydrogen) atoms. The van der Waals surface area contributed by atoms with Gasteiger partial charge in [0, 0.05) is 5.69 Å². The van der Waals surface area contributed by atoms with E-state index in [0.717, 1.165) is 11.3 Å². The molecule has 0 bridgehead atoms. The van der Waals surface area contributed by atoms with E-state index in [1.807, 2.05) is 19.1 Å². The lowest BCUT2D eigenvalue weighted by atomic mass is 10.1. The molecule has 2 aromatic carbocycles. The number of ether oxygens (including phenoxy) is 4. The van der Waals surface area contributed by atoms with Gasteiger partial charge >= 0.3 is 0 Å². The van der Waals surface area contributed by atoms with Gasteiger partial charge < -0.3 is 24.3 Å². The molecule has 1 amide bonds. The topological polar surface area (TPSA) is 66.0 Å². The molecule has 6 heteroatoms. The molecule has 0 radical (unpaired) electrons. The molecule has 0 unspecified atom stereocenters. The monoisotopic (exact) mass is 345 g/mol. The van der Waals surface area contributed by atoms with E-state index in [0.29, 0.717) is 29.5 Å². The smallest absolute Gasteiger partial charge is 0.228 e. The maximum absolute atomic E-state index is 12.3. The van der Waals surface area contributed by atoms with Gasteiger partial charge in [0.25, 0.3) is 0 Å². The van der Waals surface area contributed by atoms with Gasteiger partial charge in [0.1, 0.15) is 5.75 Å². The molecule has 6 nitrogen and oxygen atoms in total. The van der Waals surface area contributed by atoms with Crippen molar-refractivity contribution in [1.82, 2.24) is 0 Å². The molecule has 0 aliphatic rings. The van der Waals surface area contributed by atoms with E-state index in [-0.39, 0.29) is 12.3 Å². The standard InChI is InChI=1S/C19H23NO5/c1-5-25-15-8-6-14(7-9-15)20-18(21)12-13-10-16(22-2)19(24-4)17(11-13)23-3/h6-11H,5,12H2,1-4H3,(H,20,21). The van der Waals surface area contributed by atoms with Crippen LogP contribution in [0.5, 0.6) is 23.0 Å². The molecule has 0 saturated carbocycles. The van der Waals surface area contributed by atoms with Gasteiger partial charge in [-0.2, -0.15) is 0 Å². The fraction of sp³-hybridized carbons (Fsp3) is 0.316. The van der Waals surface area contributed by atoms with E-state index >= 15 is 0 Å². The second kappa shape index (κ2) is 8.82. The van der Waals surface area contributed by atoms with Crippen LogP contribution in [0, 0.1) is 0 Å². The fourth-order valence-corrected chi connectivity index (χ4v) is 2.43. The highest BCUT2D eigenvalue weighted by Crippen LogP contribution is 2.38. The average Bonchev–Trinajstić information content (AvgIpc) is 2.62. The first-order valence-corrected chi connectivity index (χ1v) is 7.92. The number of carbonyl (C=O) groups excluding carboxylic acids is 1. The molecular weight excluding hydrogens is 322 g/mol. The van der Waals surface area contributed by atoms with Gasteiger partial charge in [-0.05, 0) is 48.9 Å². The summed E-state index contributed by atoms with van der Waals surface area (Å²) in [6.45, 7) is 2.53. The Morgan fingerprint density at radius 3 is 2.04 bits per heavy atom. The van der Waals surface area contributed by atoms with Gasteiger partial charge in [-0.3, -0.25) is 4.79 Å². The maximum Gasteiger partial charge on any atom is 0.228 e. The van der Waals surface area contributed by atoms with Crippen molar-refractivity contribution in [3.63, 3.8) is 0 Å². The first-order chi connectivity index (χ1) is 12.1. The van der Waals surface area contributed by atoms with Crippen LogP contribution in [0.4, 0.5) is 5.69 Å². The number of nitrogens with one attached hydrogen (secondary N) is 1. The highest BCUT2D eigenvalue weighted by molar-refractivity contribution is 5.92. The number of hydrogen-bond acceptors (Lipinski definition) is 5. The van der Waals surface area contributed by atoms with Gasteiger partial charge in [-0.25, -0.2) is 0 Å². The first-order valence-electron chi connectivity index (χ1n) is 7.92. The molecule has 0 fully saturated rings. The van der Waals surface area contributed by atoms with Crippen LogP contribution in [0.15, 0.2) is 36.4 Å². The second-order valence-electron chi connectivity index (χ2n) is 5.22. The number of hydrogen-bond donors (Lipinski definition) is 1. The predicted octanol–water partition coefficient (Wildman–Crippen LogP) is 3.29. The molecule has 0 atom stereocenters. The van der Waals surface area contributed by atoms with Crippen LogP contribution in [0.2, 0.25) is 0 Å². The minimum absolute atomic E-state index is 0.140. The molecule has 1 N–H and O–H groups in total. The molecule has 0 spiro atoms. The molecular formula is C19H23NO5. The zero-order chi connectivity index (χ0) is 18.2. The first kappa shape index (κ1) is 18.4. The highest BCUT2D eigenvalue weighted by atomic mass is 16.5. The van der Waals surface area contributed by atoms with E-state index in [1.165, 1.54) is 0 Å². The van der Waals surface area contributed by atoms with Crippen molar-refractivity contribution < 1.29 is 23.7 Å². The predicted molar refractivity (Wildman–Crippen MR) is 96.0 cm³/mol. The van der Waals surface area contributed by atoms with Crippen molar-refractivity contribution in [2.75, 3.05) is 33.3 Å². The largest absolute Gasteiger partial charge is 0.494 e. The van der Waals surface area contributed by atoms with Crippen molar-refractivity contribution in [1.29, 1.82) is 0 Å². The minimum atomic E-state index is -0.140. The van der Waals surface area contributed by atoms with Gasteiger partial charge in [0.2, 0.25) is 11.7 Å². The summed E-state index contributed by atoms with van der Waals surface area (Å²) in [4.78, 5) is 12.3. The summed E-state index contributed by atoms with van der Waals surface area (Å²) in [5, 5.41) is 2.86. The summed E-state index contributed by atoms with van der Waals surface area (Å²) < 4.78 is 21.3. The van der Waals surface area contributed by atoms with Crippen molar-refractivity contribution in [2.24, 2.45) is 0 Å². The number of rotatable bonds is 8. The van der Waals surface area contributed by atoms with Crippen LogP contribution in [0.3, 0.4) is 0 Å². The zero-order valence-electron chi connectivity index (χ0n) is 14.9. The molecule has 0 aromatic heterocycles. The van der Waals surface area contributed by atoms with Crippen molar-refractivity contribution in [3.05, 3.63) is 42.0 Å². The summed E-state index contributed by atoms with van der Waals surface area (Å²) in [6.07, 6.45) is 0.184. The Labute approximate surface area is 147 Å². The van der Waals surface area contributed by atoms with E-state index < -0.39 is 0 Å². The van der Waals surface area contributed by atoms with Gasteiger partial charge in [0.15, 0.2) is 11.5 Å². The third kappa shape index (κ3) is 4.79. The van der Waals surface area contributed by atoms with Crippen molar-refractivity contribution >= 4 is 11.6 Å². The quantitative estimate of drug-likeness (QED) is 0.795. The molecule has 0 saturated heterocycles. The summed E-state index contributed by atoms with van der Waals surface area (Å²) in [5.74, 6) is 2.17. The summed E-state index contributed by atoms with van der Waals surface area (Å²) in [7, 11) is 4.63. The minimum Gasteiger partial charge on any atom is -0.494 e. The Balaban J connectivity index is 2.09. The van der Waals surface area contributed by atoms with Crippen molar-refractivity contribution in [3.8, 4) is 23.0 Å². The van der Waals surface area contributed by atoms with Gasteiger partial charge in [0.05, 0.1) is 34.4 Å². The molecule has 0 aliphatic heterocycles. The van der Waals surface area contributed by atoms with Crippen LogP contribution in [0.1, 0.15) is 12.5 Å². The summed E-state index contributed by atoms with van der Waals surface area (Å²) in [5.41, 5.74) is 1.47. The van der Waals surface area contributed by atoms with Crippen LogP contribution < -0.4 is 24.3 Å². The Morgan fingerprint density at radius 2 is 1.56 bits per heavy atom. The molecule has 2 aromatic rings. The molecule has 134 valence electrons. The van der Waals surface area contributed by atoms with Crippen LogP contribution in [-0.2, 0) is 11.2 Å². The third-order valence-corrected chi connectivity index (χ3v) is 3.54. The highest BCUT2D eigenvalue weighted by Gasteiger charge is 2.15. The second-order valence-corrected chi connectivity index (χ2v) is 5.22. The molecule has 0 aliphatic carbocycles. The summed E-state index contributed by atoms with van der Waals surface area (Å²) in [6, 6.07) is 10.8. The Hall–Kier alpha value is -2.89. The van der Waals surface area contributed by atoms with Gasteiger partial charge in [-0.15, -0.1) is 0 Å². The Kier molecular flexibility index (Phi) is 6.51. The lowest BCUT2D eigenvalue weighted by Gasteiger charge is -2.14. The number of benzene rings is 2. The van der Waals surface area contributed by atoms with Crippen LogP contribution in [-0.4, -0.2) is 33.8 Å². The fourth-order valence-electron chi connectivity index (χ4n) is 2.43. The lowest BCUT2D eigenvalue weighted by molar-refractivity contribution is -0.115. The number of amides is 1. The summed E-state index contributed by atoms with van der Waals surface area (Å²) >= 11 is 0. The number of anilines is 1. The molecule has 0 heterocycles. The Morgan fingerprint density at radius 1 is 0.960 bits per heavy atom. The zero-order valence-corrected chi connectivity index (χ0v) is 14.9. The Bertz CT molecular complexity index is 687. The number of carbonyl (C=O) groups is 1. The normalized spacial score (nSPS) is 10.1. The maximum atomic E-state index is 12.3. The number of methoxy groups -OCH3 is 3. The third-order valence-electron chi connectivity index (χ3n) is 3.54. The van der Waals surface area contributed by atoms with Crippen LogP contribution in [0.25, 0.3) is 0 Å². The van der Waals surface area contributed by atoms with E-state index in [1.54, 1.807) is 45.6 Å². The van der Waals surface area contributed by atoms with E-state index in [4.69, 9.17) is 18.9 Å². The van der Waals surface area contributed by atoms with E-state index in [2.05, 4.69) is 5.32 Å².